The molecule has 0 aliphatic rings. The van der Waals surface area contributed by atoms with E-state index < -0.39 is 5.91 Å². The molecule has 0 bridgehead atoms. The lowest BCUT2D eigenvalue weighted by molar-refractivity contribution is 0.102. The Kier molecular flexibility index (Phi) is 3.90. The van der Waals surface area contributed by atoms with Gasteiger partial charge in [-0.05, 0) is 47.6 Å². The van der Waals surface area contributed by atoms with Gasteiger partial charge in [0.15, 0.2) is 0 Å². The summed E-state index contributed by atoms with van der Waals surface area (Å²) in [6, 6.07) is 8.37. The lowest BCUT2D eigenvalue weighted by Crippen LogP contribution is -2.13. The van der Waals surface area contributed by atoms with Crippen LogP contribution in [0.4, 0.5) is 5.13 Å². The van der Waals surface area contributed by atoms with Gasteiger partial charge >= 0.3 is 4.87 Å². The highest BCUT2D eigenvalue weighted by Gasteiger charge is 2.16. The number of phenols is 1. The standard InChI is InChI=1S/C15H12N4O3S/c1-8-5-11(9-3-2-4-10(20)6-9)12(7-16-8)13(21)17-14-18-19-15(22)23-14/h2-7,20H,1H3,(H,19,22)(H,17,18,21). The van der Waals surface area contributed by atoms with Gasteiger partial charge in [-0.25, -0.2) is 5.10 Å². The van der Waals surface area contributed by atoms with Gasteiger partial charge < -0.3 is 5.11 Å². The lowest BCUT2D eigenvalue weighted by atomic mass is 10.00. The van der Waals surface area contributed by atoms with E-state index >= 15 is 0 Å². The maximum absolute atomic E-state index is 12.5. The van der Waals surface area contributed by atoms with Crippen LogP contribution in [-0.4, -0.2) is 26.2 Å². The van der Waals surface area contributed by atoms with Crippen molar-refractivity contribution in [3.8, 4) is 16.9 Å². The normalized spacial score (nSPS) is 10.5. The van der Waals surface area contributed by atoms with Gasteiger partial charge in [0.1, 0.15) is 5.75 Å². The third-order valence-electron chi connectivity index (χ3n) is 3.10. The number of carbonyl (C=O) groups is 1. The van der Waals surface area contributed by atoms with Crippen molar-refractivity contribution < 1.29 is 9.90 Å². The molecule has 3 rings (SSSR count). The average molecular weight is 328 g/mol. The minimum absolute atomic E-state index is 0.105. The third kappa shape index (κ3) is 3.27. The van der Waals surface area contributed by atoms with Crippen LogP contribution in [0.1, 0.15) is 16.1 Å². The van der Waals surface area contributed by atoms with Crippen molar-refractivity contribution in [2.24, 2.45) is 0 Å². The average Bonchev–Trinajstić information content (AvgIpc) is 2.92. The van der Waals surface area contributed by atoms with Gasteiger partial charge in [0.25, 0.3) is 5.91 Å². The fraction of sp³-hybridized carbons (Fsp3) is 0.0667. The zero-order valence-electron chi connectivity index (χ0n) is 12.0. The smallest absolute Gasteiger partial charge is 0.324 e. The molecule has 116 valence electrons. The van der Waals surface area contributed by atoms with Crippen LogP contribution in [0.3, 0.4) is 0 Å². The number of rotatable bonds is 3. The van der Waals surface area contributed by atoms with Crippen LogP contribution in [-0.2, 0) is 0 Å². The molecule has 0 atom stereocenters. The van der Waals surface area contributed by atoms with Gasteiger partial charge in [0.2, 0.25) is 5.13 Å². The fourth-order valence-electron chi connectivity index (χ4n) is 2.10. The molecular formula is C15H12N4O3S. The van der Waals surface area contributed by atoms with Crippen LogP contribution in [0.5, 0.6) is 5.75 Å². The first kappa shape index (κ1) is 14.9. The number of phenolic OH excluding ortho intramolecular Hbond substituents is 1. The number of nitrogens with one attached hydrogen (secondary N) is 2. The van der Waals surface area contributed by atoms with E-state index in [9.17, 15) is 14.7 Å². The maximum atomic E-state index is 12.5. The third-order valence-corrected chi connectivity index (χ3v) is 3.76. The van der Waals surface area contributed by atoms with E-state index in [1.54, 1.807) is 30.3 Å². The summed E-state index contributed by atoms with van der Waals surface area (Å²) in [5.74, 6) is -0.326. The van der Waals surface area contributed by atoms with Crippen LogP contribution >= 0.6 is 11.3 Å². The largest absolute Gasteiger partial charge is 0.508 e. The molecule has 3 aromatic rings. The Bertz CT molecular complexity index is 932. The summed E-state index contributed by atoms with van der Waals surface area (Å²) >= 11 is 0.803. The number of amides is 1. The Morgan fingerprint density at radius 3 is 2.87 bits per heavy atom. The molecule has 7 nitrogen and oxygen atoms in total. The number of aromatic hydroxyl groups is 1. The molecule has 0 radical (unpaired) electrons. The van der Waals surface area contributed by atoms with Crippen LogP contribution in [0.25, 0.3) is 11.1 Å². The van der Waals surface area contributed by atoms with E-state index in [4.69, 9.17) is 0 Å². The second-order valence-corrected chi connectivity index (χ2v) is 5.76. The quantitative estimate of drug-likeness (QED) is 0.683. The summed E-state index contributed by atoms with van der Waals surface area (Å²) in [7, 11) is 0. The number of aromatic amines is 1. The molecule has 0 aliphatic heterocycles. The molecule has 2 aromatic heterocycles. The summed E-state index contributed by atoms with van der Waals surface area (Å²) in [6.07, 6.45) is 1.46. The Morgan fingerprint density at radius 1 is 1.35 bits per heavy atom. The molecule has 0 aliphatic carbocycles. The number of hydrogen-bond acceptors (Lipinski definition) is 6. The highest BCUT2D eigenvalue weighted by atomic mass is 32.1. The molecule has 1 aromatic carbocycles. The predicted octanol–water partition coefficient (Wildman–Crippen LogP) is 2.16. The summed E-state index contributed by atoms with van der Waals surface area (Å²) in [6.45, 7) is 1.81. The Balaban J connectivity index is 2.02. The summed E-state index contributed by atoms with van der Waals surface area (Å²) in [5.41, 5.74) is 2.39. The van der Waals surface area contributed by atoms with Crippen molar-refractivity contribution >= 4 is 22.4 Å². The first-order valence-corrected chi connectivity index (χ1v) is 7.47. The van der Waals surface area contributed by atoms with Crippen molar-refractivity contribution in [2.75, 3.05) is 5.32 Å². The van der Waals surface area contributed by atoms with Crippen molar-refractivity contribution in [1.29, 1.82) is 0 Å². The molecule has 3 N–H and O–H groups in total. The number of anilines is 1. The van der Waals surface area contributed by atoms with Crippen LogP contribution in [0.15, 0.2) is 41.3 Å². The van der Waals surface area contributed by atoms with E-state index in [2.05, 4.69) is 20.5 Å². The molecule has 1 amide bonds. The zero-order chi connectivity index (χ0) is 16.4. The summed E-state index contributed by atoms with van der Waals surface area (Å²) < 4.78 is 0. The maximum Gasteiger partial charge on any atom is 0.324 e. The molecule has 8 heteroatoms. The molecular weight excluding hydrogens is 316 g/mol. The second kappa shape index (κ2) is 6.01. The molecule has 0 saturated carbocycles. The van der Waals surface area contributed by atoms with Crippen LogP contribution in [0.2, 0.25) is 0 Å². The molecule has 23 heavy (non-hydrogen) atoms. The predicted molar refractivity (Wildman–Crippen MR) is 86.8 cm³/mol. The van der Waals surface area contributed by atoms with E-state index in [1.165, 1.54) is 6.20 Å². The fourth-order valence-corrected chi connectivity index (χ4v) is 2.60. The lowest BCUT2D eigenvalue weighted by Gasteiger charge is -2.10. The van der Waals surface area contributed by atoms with Crippen molar-refractivity contribution in [3.05, 3.63) is 57.5 Å². The summed E-state index contributed by atoms with van der Waals surface area (Å²) in [4.78, 5) is 27.3. The number of carbonyl (C=O) groups excluding carboxylic acids is 1. The molecule has 0 unspecified atom stereocenters. The van der Waals surface area contributed by atoms with E-state index in [1.807, 2.05) is 6.92 Å². The first-order chi connectivity index (χ1) is 11.0. The van der Waals surface area contributed by atoms with Gasteiger partial charge in [0, 0.05) is 11.9 Å². The Labute approximate surface area is 134 Å². The number of nitrogens with zero attached hydrogens (tertiary/aromatic N) is 2. The number of aromatic nitrogens is 3. The van der Waals surface area contributed by atoms with Gasteiger partial charge in [0.05, 0.1) is 5.56 Å². The Morgan fingerprint density at radius 2 is 2.17 bits per heavy atom. The number of pyridine rings is 1. The topological polar surface area (TPSA) is 108 Å². The van der Waals surface area contributed by atoms with Gasteiger partial charge in [-0.3, -0.25) is 19.9 Å². The van der Waals surface area contributed by atoms with E-state index in [-0.39, 0.29) is 15.8 Å². The zero-order valence-corrected chi connectivity index (χ0v) is 12.8. The van der Waals surface area contributed by atoms with Gasteiger partial charge in [-0.1, -0.05) is 12.1 Å². The highest BCUT2D eigenvalue weighted by molar-refractivity contribution is 7.13. The van der Waals surface area contributed by atoms with Gasteiger partial charge in [-0.15, -0.1) is 5.10 Å². The minimum atomic E-state index is -0.432. The highest BCUT2D eigenvalue weighted by Crippen LogP contribution is 2.27. The molecule has 2 heterocycles. The SMILES string of the molecule is Cc1cc(-c2cccc(O)c2)c(C(=O)Nc2n[nH]c(=O)s2)cn1. The molecule has 0 spiro atoms. The van der Waals surface area contributed by atoms with Gasteiger partial charge in [-0.2, -0.15) is 0 Å². The van der Waals surface area contributed by atoms with Crippen molar-refractivity contribution in [1.82, 2.24) is 15.2 Å². The van der Waals surface area contributed by atoms with E-state index in [0.29, 0.717) is 16.7 Å². The minimum Gasteiger partial charge on any atom is -0.508 e. The summed E-state index contributed by atoms with van der Waals surface area (Å²) in [5, 5.41) is 18.3. The Hall–Kier alpha value is -3.00. The number of benzene rings is 1. The van der Waals surface area contributed by atoms with Crippen molar-refractivity contribution in [2.45, 2.75) is 6.92 Å². The molecule has 0 saturated heterocycles. The number of hydrogen-bond donors (Lipinski definition) is 3. The monoisotopic (exact) mass is 328 g/mol. The van der Waals surface area contributed by atoms with Crippen LogP contribution in [0, 0.1) is 6.92 Å². The second-order valence-electron chi connectivity index (χ2n) is 4.79. The number of H-pyrrole nitrogens is 1. The first-order valence-electron chi connectivity index (χ1n) is 6.66. The van der Waals surface area contributed by atoms with Crippen LogP contribution < -0.4 is 10.2 Å². The van der Waals surface area contributed by atoms with Crippen molar-refractivity contribution in [3.63, 3.8) is 0 Å². The number of aryl methyl sites for hydroxylation is 1. The van der Waals surface area contributed by atoms with E-state index in [0.717, 1.165) is 17.0 Å². The molecule has 0 fully saturated rings.